The molecule has 9 nitrogen and oxygen atoms in total. The van der Waals surface area contributed by atoms with Crippen LogP contribution in [0.2, 0.25) is 5.02 Å². The molecule has 0 radical (unpaired) electrons. The van der Waals surface area contributed by atoms with E-state index in [4.69, 9.17) is 11.6 Å². The number of likely N-dealkylation sites (N-methyl/N-ethyl adjacent to an activating group) is 1. The second-order valence-electron chi connectivity index (χ2n) is 9.69. The Morgan fingerprint density at radius 3 is 2.37 bits per heavy atom. The first kappa shape index (κ1) is 25.4. The molecule has 10 heteroatoms. The van der Waals surface area contributed by atoms with Gasteiger partial charge in [0.25, 0.3) is 0 Å². The van der Waals surface area contributed by atoms with Crippen LogP contribution in [0.25, 0.3) is 0 Å². The lowest BCUT2D eigenvalue weighted by Gasteiger charge is -2.45. The standard InChI is InChI=1S/C25H33ClN4O5/c1-2-30(24(34)35)25(15-27-14-20(25)16-3-6-19(26)7-4-16)22(32)17-9-11-29(12-10-17)23(33)18-5-8-21(31)28-13-18/h3-4,6-7,17-18,20,27H,2,5,8-15H2,1H3,(H,28,31)(H,34,35)/t18?,20-,25+/m0/s1. The summed E-state index contributed by atoms with van der Waals surface area (Å²) in [5.74, 6) is -0.983. The summed E-state index contributed by atoms with van der Waals surface area (Å²) in [5, 5.41) is 16.7. The number of nitrogens with one attached hydrogen (secondary N) is 2. The molecule has 1 unspecified atom stereocenters. The molecule has 3 aliphatic rings. The lowest BCUT2D eigenvalue weighted by Crippen LogP contribution is -2.63. The van der Waals surface area contributed by atoms with E-state index in [1.807, 2.05) is 12.1 Å². The molecule has 3 N–H and O–H groups in total. The van der Waals surface area contributed by atoms with Crippen molar-refractivity contribution in [3.63, 3.8) is 0 Å². The Bertz CT molecular complexity index is 969. The van der Waals surface area contributed by atoms with Crippen LogP contribution in [0.4, 0.5) is 4.79 Å². The monoisotopic (exact) mass is 504 g/mol. The number of carbonyl (C=O) groups is 4. The van der Waals surface area contributed by atoms with Gasteiger partial charge >= 0.3 is 6.09 Å². The highest BCUT2D eigenvalue weighted by molar-refractivity contribution is 6.30. The van der Waals surface area contributed by atoms with Crippen molar-refractivity contribution in [2.24, 2.45) is 11.8 Å². The molecule has 35 heavy (non-hydrogen) atoms. The first-order chi connectivity index (χ1) is 16.8. The number of hydrogen-bond acceptors (Lipinski definition) is 5. The van der Waals surface area contributed by atoms with Gasteiger partial charge in [-0.1, -0.05) is 23.7 Å². The Hall–Kier alpha value is -2.65. The second-order valence-corrected chi connectivity index (χ2v) is 10.1. The van der Waals surface area contributed by atoms with E-state index in [-0.39, 0.29) is 48.4 Å². The van der Waals surface area contributed by atoms with Crippen LogP contribution < -0.4 is 10.6 Å². The summed E-state index contributed by atoms with van der Waals surface area (Å²) >= 11 is 6.08. The number of rotatable bonds is 6. The maximum absolute atomic E-state index is 14.2. The summed E-state index contributed by atoms with van der Waals surface area (Å²) in [6.45, 7) is 3.95. The summed E-state index contributed by atoms with van der Waals surface area (Å²) in [7, 11) is 0. The number of ketones is 1. The zero-order valence-electron chi connectivity index (χ0n) is 20.0. The van der Waals surface area contributed by atoms with Crippen molar-refractivity contribution in [1.82, 2.24) is 20.4 Å². The summed E-state index contributed by atoms with van der Waals surface area (Å²) in [6.07, 6.45) is 0.780. The van der Waals surface area contributed by atoms with E-state index >= 15 is 0 Å². The largest absolute Gasteiger partial charge is 0.465 e. The number of benzene rings is 1. The molecular weight excluding hydrogens is 472 g/mol. The van der Waals surface area contributed by atoms with Crippen LogP contribution in [0.1, 0.15) is 44.1 Å². The number of piperidine rings is 2. The average molecular weight is 505 g/mol. The molecule has 3 heterocycles. The number of hydrogen-bond donors (Lipinski definition) is 3. The van der Waals surface area contributed by atoms with Gasteiger partial charge in [0.2, 0.25) is 11.8 Å². The van der Waals surface area contributed by atoms with Crippen molar-refractivity contribution in [1.29, 1.82) is 0 Å². The zero-order valence-corrected chi connectivity index (χ0v) is 20.7. The Morgan fingerprint density at radius 2 is 1.80 bits per heavy atom. The van der Waals surface area contributed by atoms with Crippen LogP contribution in [0.5, 0.6) is 0 Å². The Balaban J connectivity index is 1.53. The summed E-state index contributed by atoms with van der Waals surface area (Å²) < 4.78 is 0. The fraction of sp³-hybridized carbons (Fsp3) is 0.600. The van der Waals surface area contributed by atoms with Gasteiger partial charge in [-0.25, -0.2) is 4.79 Å². The lowest BCUT2D eigenvalue weighted by atomic mass is 9.71. The first-order valence-electron chi connectivity index (χ1n) is 12.3. The van der Waals surface area contributed by atoms with Crippen molar-refractivity contribution in [2.75, 3.05) is 39.3 Å². The van der Waals surface area contributed by atoms with Gasteiger partial charge < -0.3 is 20.6 Å². The highest BCUT2D eigenvalue weighted by Gasteiger charge is 2.56. The SMILES string of the molecule is CCN(C(=O)O)[C@]1(C(=O)C2CCN(C(=O)C3CCC(=O)NC3)CC2)CNC[C@H]1c1ccc(Cl)cc1. The molecule has 0 aliphatic carbocycles. The minimum Gasteiger partial charge on any atom is -0.465 e. The van der Waals surface area contributed by atoms with E-state index in [1.165, 1.54) is 4.90 Å². The number of carboxylic acid groups (broad SMARTS) is 1. The maximum Gasteiger partial charge on any atom is 0.408 e. The van der Waals surface area contributed by atoms with Gasteiger partial charge in [0.1, 0.15) is 5.54 Å². The van der Waals surface area contributed by atoms with Crippen LogP contribution in [0.15, 0.2) is 24.3 Å². The Kier molecular flexibility index (Phi) is 7.66. The molecular formula is C25H33ClN4O5. The van der Waals surface area contributed by atoms with Crippen molar-refractivity contribution in [3.8, 4) is 0 Å². The normalized spacial score (nSPS) is 27.4. The number of carbonyl (C=O) groups excluding carboxylic acids is 3. The topological polar surface area (TPSA) is 119 Å². The van der Waals surface area contributed by atoms with Gasteiger partial charge in [0.05, 0.1) is 5.92 Å². The minimum atomic E-state index is -1.22. The molecule has 3 atom stereocenters. The maximum atomic E-state index is 14.2. The molecule has 190 valence electrons. The van der Waals surface area contributed by atoms with Crippen molar-refractivity contribution >= 4 is 35.3 Å². The zero-order chi connectivity index (χ0) is 25.2. The number of Topliss-reactive ketones (excluding diaryl/α,β-unsaturated/α-hetero) is 1. The quantitative estimate of drug-likeness (QED) is 0.546. The third kappa shape index (κ3) is 4.89. The van der Waals surface area contributed by atoms with Crippen LogP contribution in [-0.2, 0) is 14.4 Å². The van der Waals surface area contributed by atoms with Gasteiger partial charge in [-0.15, -0.1) is 0 Å². The van der Waals surface area contributed by atoms with E-state index < -0.39 is 11.6 Å². The smallest absolute Gasteiger partial charge is 0.408 e. The van der Waals surface area contributed by atoms with Crippen LogP contribution in [0.3, 0.4) is 0 Å². The molecule has 1 aromatic rings. The van der Waals surface area contributed by atoms with Crippen LogP contribution >= 0.6 is 11.6 Å². The molecule has 3 amide bonds. The van der Waals surface area contributed by atoms with E-state index in [0.29, 0.717) is 56.9 Å². The molecule has 4 rings (SSSR count). The average Bonchev–Trinajstić information content (AvgIpc) is 3.30. The molecule has 0 saturated carbocycles. The molecule has 0 aromatic heterocycles. The Morgan fingerprint density at radius 1 is 1.11 bits per heavy atom. The number of amides is 3. The van der Waals surface area contributed by atoms with Gasteiger partial charge in [0, 0.05) is 62.5 Å². The number of nitrogens with zero attached hydrogens (tertiary/aromatic N) is 2. The van der Waals surface area contributed by atoms with Crippen LogP contribution in [-0.4, -0.2) is 83.4 Å². The minimum absolute atomic E-state index is 0.0212. The van der Waals surface area contributed by atoms with Crippen molar-refractivity contribution in [2.45, 2.75) is 44.1 Å². The van der Waals surface area contributed by atoms with E-state index in [2.05, 4.69) is 10.6 Å². The Labute approximate surface area is 210 Å². The molecule has 0 bridgehead atoms. The van der Waals surface area contributed by atoms with Gasteiger partial charge in [-0.05, 0) is 43.9 Å². The van der Waals surface area contributed by atoms with Crippen molar-refractivity contribution in [3.05, 3.63) is 34.9 Å². The highest BCUT2D eigenvalue weighted by Crippen LogP contribution is 2.41. The molecule has 0 spiro atoms. The second kappa shape index (κ2) is 10.5. The predicted molar refractivity (Wildman–Crippen MR) is 130 cm³/mol. The fourth-order valence-electron chi connectivity index (χ4n) is 5.97. The lowest BCUT2D eigenvalue weighted by molar-refractivity contribution is -0.142. The number of likely N-dealkylation sites (tertiary alicyclic amines) is 1. The molecule has 1 aromatic carbocycles. The highest BCUT2D eigenvalue weighted by atomic mass is 35.5. The summed E-state index contributed by atoms with van der Waals surface area (Å²) in [6, 6.07) is 7.25. The third-order valence-electron chi connectivity index (χ3n) is 7.84. The number of halogens is 1. The van der Waals surface area contributed by atoms with E-state index in [1.54, 1.807) is 24.0 Å². The fourth-order valence-corrected chi connectivity index (χ4v) is 6.09. The van der Waals surface area contributed by atoms with Crippen molar-refractivity contribution < 1.29 is 24.3 Å². The summed E-state index contributed by atoms with van der Waals surface area (Å²) in [5.41, 5.74) is -0.349. The predicted octanol–water partition coefficient (Wildman–Crippen LogP) is 2.10. The van der Waals surface area contributed by atoms with Gasteiger partial charge in [-0.3, -0.25) is 19.3 Å². The third-order valence-corrected chi connectivity index (χ3v) is 8.09. The van der Waals surface area contributed by atoms with Gasteiger partial charge in [0.15, 0.2) is 5.78 Å². The van der Waals surface area contributed by atoms with Crippen LogP contribution in [0, 0.1) is 11.8 Å². The molecule has 3 fully saturated rings. The van der Waals surface area contributed by atoms with E-state index in [9.17, 15) is 24.3 Å². The first-order valence-corrected chi connectivity index (χ1v) is 12.7. The molecule has 3 saturated heterocycles. The van der Waals surface area contributed by atoms with E-state index in [0.717, 1.165) is 5.56 Å². The summed E-state index contributed by atoms with van der Waals surface area (Å²) in [4.78, 5) is 53.9. The molecule has 3 aliphatic heterocycles. The van der Waals surface area contributed by atoms with Gasteiger partial charge in [-0.2, -0.15) is 0 Å².